The molecule has 1 heterocycles. The van der Waals surface area contributed by atoms with Crippen molar-refractivity contribution < 1.29 is 4.74 Å². The molecule has 0 aliphatic carbocycles. The largest absolute Gasteiger partial charge is 0.380 e. The number of likely N-dealkylation sites (N-methyl/N-ethyl adjacent to an activating group) is 1. The molecule has 1 aromatic heterocycles. The van der Waals surface area contributed by atoms with Crippen LogP contribution in [0.4, 0.5) is 0 Å². The fourth-order valence-electron chi connectivity index (χ4n) is 2.37. The molecule has 0 aliphatic rings. The smallest absolute Gasteiger partial charge is 0.138 e. The number of hydrogen-bond donors (Lipinski definition) is 1. The van der Waals surface area contributed by atoms with Crippen molar-refractivity contribution in [3.63, 3.8) is 0 Å². The van der Waals surface area contributed by atoms with Crippen LogP contribution in [0.1, 0.15) is 33.5 Å². The van der Waals surface area contributed by atoms with Gasteiger partial charge in [0.15, 0.2) is 0 Å². The third-order valence-corrected chi connectivity index (χ3v) is 3.19. The van der Waals surface area contributed by atoms with E-state index in [2.05, 4.69) is 43.1 Å². The minimum Gasteiger partial charge on any atom is -0.380 e. The molecule has 0 saturated heterocycles. The van der Waals surface area contributed by atoms with Gasteiger partial charge in [-0.3, -0.25) is 4.68 Å². The predicted octanol–water partition coefficient (Wildman–Crippen LogP) is 1.49. The summed E-state index contributed by atoms with van der Waals surface area (Å²) in [6.45, 7) is 10.3. The lowest BCUT2D eigenvalue weighted by Crippen LogP contribution is -2.45. The highest BCUT2D eigenvalue weighted by molar-refractivity contribution is 4.93. The third-order valence-electron chi connectivity index (χ3n) is 3.19. The van der Waals surface area contributed by atoms with Gasteiger partial charge in [-0.15, -0.1) is 0 Å². The molecule has 2 unspecified atom stereocenters. The van der Waals surface area contributed by atoms with Gasteiger partial charge in [0.25, 0.3) is 0 Å². The first kappa shape index (κ1) is 15.1. The predicted molar refractivity (Wildman–Crippen MR) is 72.5 cm³/mol. The summed E-state index contributed by atoms with van der Waals surface area (Å²) in [5, 5.41) is 7.71. The topological polar surface area (TPSA) is 52.0 Å². The summed E-state index contributed by atoms with van der Waals surface area (Å²) in [6.07, 6.45) is 2.66. The zero-order valence-electron chi connectivity index (χ0n) is 12.2. The van der Waals surface area contributed by atoms with Crippen LogP contribution in [-0.2, 0) is 17.7 Å². The average Bonchev–Trinajstić information content (AvgIpc) is 2.77. The van der Waals surface area contributed by atoms with Gasteiger partial charge in [0.1, 0.15) is 12.2 Å². The summed E-state index contributed by atoms with van der Waals surface area (Å²) in [5.41, 5.74) is 0. The van der Waals surface area contributed by atoms with Crippen LogP contribution >= 0.6 is 0 Å². The van der Waals surface area contributed by atoms with E-state index in [9.17, 15) is 0 Å². The number of nitrogens with one attached hydrogen (secondary N) is 1. The molecule has 0 amide bonds. The first-order chi connectivity index (χ1) is 8.63. The molecule has 0 bridgehead atoms. The van der Waals surface area contributed by atoms with Gasteiger partial charge in [-0.25, -0.2) is 4.98 Å². The fourth-order valence-corrected chi connectivity index (χ4v) is 2.37. The van der Waals surface area contributed by atoms with Crippen LogP contribution in [0.25, 0.3) is 0 Å². The molecule has 1 aromatic rings. The normalized spacial score (nSPS) is 15.0. The lowest BCUT2D eigenvalue weighted by atomic mass is 9.96. The molecular weight excluding hydrogens is 228 g/mol. The Bertz CT molecular complexity index is 337. The maximum atomic E-state index is 5.63. The number of hydrogen-bond acceptors (Lipinski definition) is 4. The van der Waals surface area contributed by atoms with Crippen molar-refractivity contribution in [2.24, 2.45) is 5.92 Å². The Hall–Kier alpha value is -0.940. The number of nitrogens with zero attached hydrogens (tertiary/aromatic N) is 3. The van der Waals surface area contributed by atoms with Gasteiger partial charge in [-0.05, 0) is 19.4 Å². The molecule has 5 heteroatoms. The Kier molecular flexibility index (Phi) is 6.29. The van der Waals surface area contributed by atoms with Gasteiger partial charge in [0, 0.05) is 26.1 Å². The summed E-state index contributed by atoms with van der Waals surface area (Å²) in [7, 11) is 1.78. The van der Waals surface area contributed by atoms with Crippen molar-refractivity contribution in [3.8, 4) is 0 Å². The molecule has 1 N–H and O–H groups in total. The highest BCUT2D eigenvalue weighted by Gasteiger charge is 2.25. The highest BCUT2D eigenvalue weighted by Crippen LogP contribution is 2.14. The fraction of sp³-hybridized carbons (Fsp3) is 0.846. The van der Waals surface area contributed by atoms with Gasteiger partial charge in [0.05, 0.1) is 6.10 Å². The van der Waals surface area contributed by atoms with Gasteiger partial charge < -0.3 is 10.1 Å². The quantitative estimate of drug-likeness (QED) is 0.763. The summed E-state index contributed by atoms with van der Waals surface area (Å²) in [5.74, 6) is 1.49. The van der Waals surface area contributed by atoms with E-state index in [1.165, 1.54) is 0 Å². The number of methoxy groups -OCH3 is 1. The van der Waals surface area contributed by atoms with Gasteiger partial charge in [-0.2, -0.15) is 5.10 Å². The lowest BCUT2D eigenvalue weighted by Gasteiger charge is -2.29. The second-order valence-corrected chi connectivity index (χ2v) is 4.80. The Morgan fingerprint density at radius 3 is 2.61 bits per heavy atom. The van der Waals surface area contributed by atoms with Crippen LogP contribution < -0.4 is 5.32 Å². The highest BCUT2D eigenvalue weighted by atomic mass is 16.5. The summed E-state index contributed by atoms with van der Waals surface area (Å²) in [6, 6.07) is 0.273. The van der Waals surface area contributed by atoms with Crippen molar-refractivity contribution in [1.82, 2.24) is 20.1 Å². The molecule has 0 fully saturated rings. The van der Waals surface area contributed by atoms with Gasteiger partial charge in [0.2, 0.25) is 0 Å². The number of ether oxygens (including phenoxy) is 1. The van der Waals surface area contributed by atoms with Gasteiger partial charge >= 0.3 is 0 Å². The van der Waals surface area contributed by atoms with Crippen molar-refractivity contribution in [1.29, 1.82) is 0 Å². The van der Waals surface area contributed by atoms with Gasteiger partial charge in [-0.1, -0.05) is 20.8 Å². The van der Waals surface area contributed by atoms with Crippen molar-refractivity contribution in [2.45, 2.75) is 52.8 Å². The monoisotopic (exact) mass is 254 g/mol. The second-order valence-electron chi connectivity index (χ2n) is 4.80. The van der Waals surface area contributed by atoms with Crippen LogP contribution in [0.15, 0.2) is 6.33 Å². The molecule has 0 spiro atoms. The first-order valence-corrected chi connectivity index (χ1v) is 6.76. The number of aromatic nitrogens is 3. The van der Waals surface area contributed by atoms with E-state index in [0.717, 1.165) is 25.3 Å². The standard InChI is InChI=1S/C13H26N4O/c1-6-14-11(13(18-5)10(3)4)8-12-15-9-16-17(12)7-2/h9-11,13-14H,6-8H2,1-5H3. The molecular formula is C13H26N4O. The lowest BCUT2D eigenvalue weighted by molar-refractivity contribution is 0.0329. The third kappa shape index (κ3) is 3.78. The SMILES string of the molecule is CCNC(Cc1ncnn1CC)C(OC)C(C)C. The van der Waals surface area contributed by atoms with Crippen LogP contribution in [0.2, 0.25) is 0 Å². The van der Waals surface area contributed by atoms with Crippen LogP contribution in [0, 0.1) is 5.92 Å². The average molecular weight is 254 g/mol. The molecule has 2 atom stereocenters. The van der Waals surface area contributed by atoms with E-state index < -0.39 is 0 Å². The van der Waals surface area contributed by atoms with E-state index in [-0.39, 0.29) is 12.1 Å². The number of aryl methyl sites for hydroxylation is 1. The van der Waals surface area contributed by atoms with E-state index in [4.69, 9.17) is 4.74 Å². The van der Waals surface area contributed by atoms with E-state index in [0.29, 0.717) is 5.92 Å². The first-order valence-electron chi connectivity index (χ1n) is 6.76. The van der Waals surface area contributed by atoms with Crippen LogP contribution in [0.3, 0.4) is 0 Å². The summed E-state index contributed by atoms with van der Waals surface area (Å²) >= 11 is 0. The Balaban J connectivity index is 2.79. The van der Waals surface area contributed by atoms with Crippen molar-refractivity contribution in [3.05, 3.63) is 12.2 Å². The minimum atomic E-state index is 0.187. The molecule has 5 nitrogen and oxygen atoms in total. The molecule has 0 aliphatic heterocycles. The molecule has 104 valence electrons. The zero-order valence-corrected chi connectivity index (χ0v) is 12.2. The maximum Gasteiger partial charge on any atom is 0.138 e. The second kappa shape index (κ2) is 7.48. The number of rotatable bonds is 8. The van der Waals surface area contributed by atoms with E-state index >= 15 is 0 Å². The van der Waals surface area contributed by atoms with Crippen molar-refractivity contribution in [2.75, 3.05) is 13.7 Å². The van der Waals surface area contributed by atoms with E-state index in [1.807, 2.05) is 4.68 Å². The summed E-state index contributed by atoms with van der Waals surface area (Å²) in [4.78, 5) is 4.34. The van der Waals surface area contributed by atoms with Crippen molar-refractivity contribution >= 4 is 0 Å². The molecule has 0 saturated carbocycles. The Morgan fingerprint density at radius 1 is 1.39 bits per heavy atom. The Labute approximate surface area is 110 Å². The Morgan fingerprint density at radius 2 is 2.11 bits per heavy atom. The van der Waals surface area contributed by atoms with Crippen LogP contribution in [0.5, 0.6) is 0 Å². The molecule has 0 aromatic carbocycles. The minimum absolute atomic E-state index is 0.187. The van der Waals surface area contributed by atoms with Crippen LogP contribution in [-0.4, -0.2) is 40.6 Å². The molecule has 0 radical (unpaired) electrons. The van der Waals surface area contributed by atoms with E-state index in [1.54, 1.807) is 13.4 Å². The summed E-state index contributed by atoms with van der Waals surface area (Å²) < 4.78 is 7.57. The molecule has 1 rings (SSSR count). The maximum absolute atomic E-state index is 5.63. The zero-order chi connectivity index (χ0) is 13.5. The molecule has 18 heavy (non-hydrogen) atoms.